The molecule has 8 nitrogen and oxygen atoms in total. The summed E-state index contributed by atoms with van der Waals surface area (Å²) in [7, 11) is 1.84. The number of anilines is 3. The standard InChI is InChI=1S/C20H29N7O/c1-13-3-5-14(6-4-13)25-20(28)15-9-16(21)17(22-2)10-18(15)26-7-8-27-19(11-26)23-12-24-27/h9-10,12-14,22H,3-8,11,21H2,1-2H3,(H,25,28). The molecule has 1 aliphatic heterocycles. The highest BCUT2D eigenvalue weighted by Crippen LogP contribution is 2.32. The van der Waals surface area contributed by atoms with Crippen molar-refractivity contribution in [3.8, 4) is 0 Å². The van der Waals surface area contributed by atoms with Crippen molar-refractivity contribution in [1.82, 2.24) is 20.1 Å². The number of nitrogens with zero attached hydrogens (tertiary/aromatic N) is 4. The fraction of sp³-hybridized carbons (Fsp3) is 0.550. The third-order valence-electron chi connectivity index (χ3n) is 5.98. The van der Waals surface area contributed by atoms with Crippen LogP contribution in [0.5, 0.6) is 0 Å². The minimum atomic E-state index is -0.0454. The van der Waals surface area contributed by atoms with Gasteiger partial charge in [-0.05, 0) is 43.7 Å². The maximum absolute atomic E-state index is 13.2. The summed E-state index contributed by atoms with van der Waals surface area (Å²) in [6.07, 6.45) is 6.00. The van der Waals surface area contributed by atoms with Gasteiger partial charge in [0.1, 0.15) is 12.2 Å². The molecule has 28 heavy (non-hydrogen) atoms. The zero-order chi connectivity index (χ0) is 19.7. The van der Waals surface area contributed by atoms with E-state index in [-0.39, 0.29) is 11.9 Å². The van der Waals surface area contributed by atoms with E-state index >= 15 is 0 Å². The number of aromatic nitrogens is 3. The predicted octanol–water partition coefficient (Wildman–Crippen LogP) is 2.23. The molecule has 1 aliphatic carbocycles. The number of carbonyl (C=O) groups is 1. The van der Waals surface area contributed by atoms with E-state index < -0.39 is 0 Å². The number of nitrogens with one attached hydrogen (secondary N) is 2. The molecule has 2 aliphatic rings. The molecule has 2 aromatic rings. The third kappa shape index (κ3) is 3.63. The van der Waals surface area contributed by atoms with E-state index in [2.05, 4.69) is 32.5 Å². The average molecular weight is 384 g/mol. The first kappa shape index (κ1) is 18.6. The van der Waals surface area contributed by atoms with Crippen molar-refractivity contribution >= 4 is 23.0 Å². The number of carbonyl (C=O) groups excluding carboxylic acids is 1. The van der Waals surface area contributed by atoms with Crippen molar-refractivity contribution in [2.45, 2.75) is 51.7 Å². The van der Waals surface area contributed by atoms with Gasteiger partial charge in [0.25, 0.3) is 5.91 Å². The highest BCUT2D eigenvalue weighted by molar-refractivity contribution is 6.02. The minimum absolute atomic E-state index is 0.0454. The van der Waals surface area contributed by atoms with E-state index in [4.69, 9.17) is 5.73 Å². The van der Waals surface area contributed by atoms with Crippen molar-refractivity contribution in [2.24, 2.45) is 5.92 Å². The van der Waals surface area contributed by atoms with Crippen LogP contribution in [0, 0.1) is 5.92 Å². The number of fused-ring (bicyclic) bond motifs is 1. The van der Waals surface area contributed by atoms with Gasteiger partial charge in [-0.25, -0.2) is 9.67 Å². The summed E-state index contributed by atoms with van der Waals surface area (Å²) in [5, 5.41) is 10.6. The number of nitrogens with two attached hydrogens (primary N) is 1. The molecule has 2 heterocycles. The highest BCUT2D eigenvalue weighted by atomic mass is 16.1. The molecule has 1 saturated carbocycles. The van der Waals surface area contributed by atoms with Crippen LogP contribution in [0.25, 0.3) is 0 Å². The van der Waals surface area contributed by atoms with Gasteiger partial charge in [0.15, 0.2) is 0 Å². The van der Waals surface area contributed by atoms with E-state index in [1.807, 2.05) is 17.8 Å². The maximum Gasteiger partial charge on any atom is 0.253 e. The van der Waals surface area contributed by atoms with Crippen LogP contribution >= 0.6 is 0 Å². The van der Waals surface area contributed by atoms with Gasteiger partial charge in [-0.1, -0.05) is 6.92 Å². The number of hydrogen-bond acceptors (Lipinski definition) is 6. The Morgan fingerprint density at radius 1 is 1.21 bits per heavy atom. The molecular weight excluding hydrogens is 354 g/mol. The molecule has 0 spiro atoms. The largest absolute Gasteiger partial charge is 0.397 e. The monoisotopic (exact) mass is 383 g/mol. The van der Waals surface area contributed by atoms with Crippen LogP contribution < -0.4 is 21.3 Å². The number of benzene rings is 1. The summed E-state index contributed by atoms with van der Waals surface area (Å²) in [6, 6.07) is 4.01. The van der Waals surface area contributed by atoms with Crippen LogP contribution in [0.4, 0.5) is 17.1 Å². The van der Waals surface area contributed by atoms with Gasteiger partial charge >= 0.3 is 0 Å². The first-order chi connectivity index (χ1) is 13.5. The van der Waals surface area contributed by atoms with E-state index in [1.54, 1.807) is 12.4 Å². The van der Waals surface area contributed by atoms with Crippen LogP contribution in [-0.2, 0) is 13.1 Å². The SMILES string of the molecule is CNc1cc(N2CCn3ncnc3C2)c(C(=O)NC2CCC(C)CC2)cc1N. The van der Waals surface area contributed by atoms with Gasteiger partial charge in [0.2, 0.25) is 0 Å². The Balaban J connectivity index is 1.61. The average Bonchev–Trinajstić information content (AvgIpc) is 3.17. The number of rotatable bonds is 4. The molecule has 150 valence electrons. The van der Waals surface area contributed by atoms with Crippen molar-refractivity contribution in [3.05, 3.63) is 29.8 Å². The van der Waals surface area contributed by atoms with Gasteiger partial charge in [-0.15, -0.1) is 0 Å². The molecule has 1 fully saturated rings. The fourth-order valence-corrected chi connectivity index (χ4v) is 4.20. The van der Waals surface area contributed by atoms with Crippen molar-refractivity contribution in [2.75, 3.05) is 29.5 Å². The Hall–Kier alpha value is -2.77. The maximum atomic E-state index is 13.2. The van der Waals surface area contributed by atoms with Crippen LogP contribution in [0.1, 0.15) is 48.8 Å². The van der Waals surface area contributed by atoms with E-state index in [0.717, 1.165) is 49.0 Å². The lowest BCUT2D eigenvalue weighted by molar-refractivity contribution is 0.0923. The highest BCUT2D eigenvalue weighted by Gasteiger charge is 2.26. The smallest absolute Gasteiger partial charge is 0.253 e. The van der Waals surface area contributed by atoms with Crippen LogP contribution in [0.3, 0.4) is 0 Å². The van der Waals surface area contributed by atoms with E-state index in [1.165, 1.54) is 12.8 Å². The second-order valence-corrected chi connectivity index (χ2v) is 7.96. The minimum Gasteiger partial charge on any atom is -0.397 e. The lowest BCUT2D eigenvalue weighted by atomic mass is 9.87. The first-order valence-electron chi connectivity index (χ1n) is 10.1. The summed E-state index contributed by atoms with van der Waals surface area (Å²) in [4.78, 5) is 19.7. The molecule has 1 aromatic heterocycles. The van der Waals surface area contributed by atoms with Crippen molar-refractivity contribution < 1.29 is 4.79 Å². The Kier molecular flexibility index (Phi) is 5.11. The quantitative estimate of drug-likeness (QED) is 0.700. The predicted molar refractivity (Wildman–Crippen MR) is 110 cm³/mol. The van der Waals surface area contributed by atoms with Crippen LogP contribution in [-0.4, -0.2) is 40.3 Å². The molecule has 0 atom stereocenters. The van der Waals surface area contributed by atoms with Gasteiger partial charge in [-0.2, -0.15) is 5.10 Å². The van der Waals surface area contributed by atoms with Crippen molar-refractivity contribution in [1.29, 1.82) is 0 Å². The Morgan fingerprint density at radius 2 is 2.00 bits per heavy atom. The first-order valence-corrected chi connectivity index (χ1v) is 10.1. The Labute approximate surface area is 165 Å². The Bertz CT molecular complexity index is 854. The van der Waals surface area contributed by atoms with Gasteiger partial charge in [0, 0.05) is 19.6 Å². The molecule has 4 N–H and O–H groups in total. The van der Waals surface area contributed by atoms with Crippen molar-refractivity contribution in [3.63, 3.8) is 0 Å². The van der Waals surface area contributed by atoms with Gasteiger partial charge in [0.05, 0.1) is 35.7 Å². The van der Waals surface area contributed by atoms with Gasteiger partial charge in [-0.3, -0.25) is 4.79 Å². The third-order valence-corrected chi connectivity index (χ3v) is 5.98. The lowest BCUT2D eigenvalue weighted by Crippen LogP contribution is -2.39. The number of nitrogen functional groups attached to an aromatic ring is 1. The Morgan fingerprint density at radius 3 is 2.75 bits per heavy atom. The molecule has 1 amide bonds. The second-order valence-electron chi connectivity index (χ2n) is 7.96. The molecule has 0 unspecified atom stereocenters. The lowest BCUT2D eigenvalue weighted by Gasteiger charge is -2.32. The second kappa shape index (κ2) is 7.69. The molecule has 0 bridgehead atoms. The normalized spacial score (nSPS) is 21.9. The molecular formula is C20H29N7O. The van der Waals surface area contributed by atoms with Crippen LogP contribution in [0.15, 0.2) is 18.5 Å². The van der Waals surface area contributed by atoms with Crippen LogP contribution in [0.2, 0.25) is 0 Å². The summed E-state index contributed by atoms with van der Waals surface area (Å²) in [5.41, 5.74) is 9.11. The molecule has 4 rings (SSSR count). The van der Waals surface area contributed by atoms with E-state index in [9.17, 15) is 4.79 Å². The molecule has 8 heteroatoms. The summed E-state index contributed by atoms with van der Waals surface area (Å²) in [5.74, 6) is 1.61. The number of amides is 1. The zero-order valence-corrected chi connectivity index (χ0v) is 16.6. The molecule has 0 radical (unpaired) electrons. The summed E-state index contributed by atoms with van der Waals surface area (Å²) >= 11 is 0. The molecule has 1 aromatic carbocycles. The number of hydrogen-bond donors (Lipinski definition) is 3. The zero-order valence-electron chi connectivity index (χ0n) is 16.6. The topological polar surface area (TPSA) is 101 Å². The van der Waals surface area contributed by atoms with E-state index in [0.29, 0.717) is 17.8 Å². The summed E-state index contributed by atoms with van der Waals surface area (Å²) < 4.78 is 1.91. The summed E-state index contributed by atoms with van der Waals surface area (Å²) in [6.45, 7) is 4.41. The van der Waals surface area contributed by atoms with Gasteiger partial charge < -0.3 is 21.3 Å². The molecule has 0 saturated heterocycles. The fourth-order valence-electron chi connectivity index (χ4n) is 4.20.